The standard InChI is InChI=1S/C10H8FNO/c1-3-10(13-12-2)8-4-6-9(11)7-5-8/h1,4-7,10H,2H2. The largest absolute Gasteiger partial charge is 0.375 e. The molecule has 1 aromatic carbocycles. The molecular formula is C10H8FNO. The van der Waals surface area contributed by atoms with Crippen molar-refractivity contribution in [2.75, 3.05) is 0 Å². The van der Waals surface area contributed by atoms with Crippen molar-refractivity contribution in [2.45, 2.75) is 6.10 Å². The summed E-state index contributed by atoms with van der Waals surface area (Å²) in [5, 5.41) is 3.22. The summed E-state index contributed by atoms with van der Waals surface area (Å²) in [4.78, 5) is 4.77. The van der Waals surface area contributed by atoms with Gasteiger partial charge >= 0.3 is 0 Å². The molecule has 66 valence electrons. The van der Waals surface area contributed by atoms with Crippen LogP contribution in [-0.2, 0) is 4.84 Å². The molecule has 1 unspecified atom stereocenters. The van der Waals surface area contributed by atoms with Gasteiger partial charge in [0.2, 0.25) is 6.10 Å². The molecular weight excluding hydrogens is 169 g/mol. The Morgan fingerprint density at radius 1 is 1.46 bits per heavy atom. The van der Waals surface area contributed by atoms with Crippen molar-refractivity contribution < 1.29 is 9.23 Å². The summed E-state index contributed by atoms with van der Waals surface area (Å²) >= 11 is 0. The van der Waals surface area contributed by atoms with Crippen molar-refractivity contribution >= 4 is 6.72 Å². The van der Waals surface area contributed by atoms with Crippen LogP contribution in [0.15, 0.2) is 29.4 Å². The molecule has 0 spiro atoms. The molecule has 0 amide bonds. The van der Waals surface area contributed by atoms with Crippen LogP contribution in [0, 0.1) is 18.2 Å². The average Bonchev–Trinajstić information content (AvgIpc) is 2.16. The van der Waals surface area contributed by atoms with Crippen LogP contribution in [0.4, 0.5) is 4.39 Å². The molecule has 0 aliphatic heterocycles. The van der Waals surface area contributed by atoms with E-state index in [-0.39, 0.29) is 5.82 Å². The van der Waals surface area contributed by atoms with Crippen molar-refractivity contribution in [1.29, 1.82) is 0 Å². The van der Waals surface area contributed by atoms with E-state index in [1.165, 1.54) is 12.1 Å². The lowest BCUT2D eigenvalue weighted by Crippen LogP contribution is -1.96. The van der Waals surface area contributed by atoms with E-state index in [9.17, 15) is 4.39 Å². The van der Waals surface area contributed by atoms with Gasteiger partial charge in [-0.1, -0.05) is 18.1 Å². The van der Waals surface area contributed by atoms with Crippen molar-refractivity contribution in [3.8, 4) is 12.3 Å². The molecule has 2 nitrogen and oxygen atoms in total. The molecule has 1 rings (SSSR count). The molecule has 0 saturated carbocycles. The Bertz CT molecular complexity index is 326. The summed E-state index contributed by atoms with van der Waals surface area (Å²) in [7, 11) is 0. The molecule has 1 atom stereocenters. The van der Waals surface area contributed by atoms with Crippen LogP contribution in [0.1, 0.15) is 11.7 Å². The predicted octanol–water partition coefficient (Wildman–Crippen LogP) is 2.13. The topological polar surface area (TPSA) is 21.6 Å². The van der Waals surface area contributed by atoms with Gasteiger partial charge in [-0.2, -0.15) is 0 Å². The van der Waals surface area contributed by atoms with E-state index in [0.717, 1.165) is 0 Å². The van der Waals surface area contributed by atoms with Crippen LogP contribution in [-0.4, -0.2) is 6.72 Å². The molecule has 0 N–H and O–H groups in total. The monoisotopic (exact) mass is 177 g/mol. The van der Waals surface area contributed by atoms with Crippen molar-refractivity contribution in [1.82, 2.24) is 0 Å². The Labute approximate surface area is 76.0 Å². The summed E-state index contributed by atoms with van der Waals surface area (Å²) in [6, 6.07) is 5.72. The summed E-state index contributed by atoms with van der Waals surface area (Å²) in [5.41, 5.74) is 0.677. The third-order valence-corrected chi connectivity index (χ3v) is 1.50. The van der Waals surface area contributed by atoms with Crippen LogP contribution >= 0.6 is 0 Å². The van der Waals surface area contributed by atoms with E-state index in [1.54, 1.807) is 12.1 Å². The molecule has 0 radical (unpaired) electrons. The highest BCUT2D eigenvalue weighted by molar-refractivity contribution is 5.25. The second kappa shape index (κ2) is 4.27. The molecule has 0 saturated heterocycles. The molecule has 13 heavy (non-hydrogen) atoms. The third kappa shape index (κ3) is 2.31. The summed E-state index contributed by atoms with van der Waals surface area (Å²) in [5.74, 6) is 2.05. The van der Waals surface area contributed by atoms with Gasteiger partial charge in [-0.25, -0.2) is 4.39 Å². The van der Waals surface area contributed by atoms with Crippen LogP contribution in [0.2, 0.25) is 0 Å². The second-order valence-corrected chi connectivity index (χ2v) is 2.33. The first-order valence-electron chi connectivity index (χ1n) is 3.61. The number of benzene rings is 1. The Balaban J connectivity index is 2.87. The first-order valence-corrected chi connectivity index (χ1v) is 3.61. The maximum Gasteiger partial charge on any atom is 0.212 e. The summed E-state index contributed by atoms with van der Waals surface area (Å²) < 4.78 is 12.5. The van der Waals surface area contributed by atoms with Gasteiger partial charge in [-0.15, -0.1) is 11.6 Å². The van der Waals surface area contributed by atoms with E-state index in [1.807, 2.05) is 0 Å². The van der Waals surface area contributed by atoms with Gasteiger partial charge in [-0.05, 0) is 12.1 Å². The van der Waals surface area contributed by atoms with E-state index in [0.29, 0.717) is 5.56 Å². The van der Waals surface area contributed by atoms with Crippen molar-refractivity contribution in [3.63, 3.8) is 0 Å². The number of oxime groups is 1. The molecule has 0 fully saturated rings. The molecule has 0 heterocycles. The highest BCUT2D eigenvalue weighted by atomic mass is 19.1. The fourth-order valence-corrected chi connectivity index (χ4v) is 0.900. The smallest absolute Gasteiger partial charge is 0.212 e. The minimum Gasteiger partial charge on any atom is -0.375 e. The number of hydrogen-bond acceptors (Lipinski definition) is 2. The zero-order chi connectivity index (χ0) is 9.68. The van der Waals surface area contributed by atoms with E-state index in [4.69, 9.17) is 11.3 Å². The first kappa shape index (κ1) is 9.27. The van der Waals surface area contributed by atoms with Crippen LogP contribution < -0.4 is 0 Å². The highest BCUT2D eigenvalue weighted by Gasteiger charge is 2.07. The van der Waals surface area contributed by atoms with Gasteiger partial charge in [0.05, 0.1) is 0 Å². The van der Waals surface area contributed by atoms with Gasteiger partial charge in [0, 0.05) is 12.3 Å². The zero-order valence-electron chi connectivity index (χ0n) is 6.90. The normalized spacial score (nSPS) is 11.4. The quantitative estimate of drug-likeness (QED) is 0.393. The van der Waals surface area contributed by atoms with Crippen molar-refractivity contribution in [3.05, 3.63) is 35.6 Å². The fourth-order valence-electron chi connectivity index (χ4n) is 0.900. The number of hydrogen-bond donors (Lipinski definition) is 0. The van der Waals surface area contributed by atoms with E-state index in [2.05, 4.69) is 17.8 Å². The molecule has 0 aromatic heterocycles. The Morgan fingerprint density at radius 2 is 2.08 bits per heavy atom. The Kier molecular flexibility index (Phi) is 3.04. The predicted molar refractivity (Wildman–Crippen MR) is 48.6 cm³/mol. The van der Waals surface area contributed by atoms with E-state index >= 15 is 0 Å². The fraction of sp³-hybridized carbons (Fsp3) is 0.100. The number of halogens is 1. The minimum absolute atomic E-state index is 0.314. The summed E-state index contributed by atoms with van der Waals surface area (Å²) in [6.07, 6.45) is 4.57. The minimum atomic E-state index is -0.599. The van der Waals surface area contributed by atoms with Crippen LogP contribution in [0.5, 0.6) is 0 Å². The molecule has 0 aliphatic rings. The van der Waals surface area contributed by atoms with Gasteiger partial charge in [0.15, 0.2) is 0 Å². The lowest BCUT2D eigenvalue weighted by Gasteiger charge is -2.07. The van der Waals surface area contributed by atoms with Gasteiger partial charge in [-0.3, -0.25) is 0 Å². The van der Waals surface area contributed by atoms with Gasteiger partial charge < -0.3 is 4.84 Å². The lowest BCUT2D eigenvalue weighted by atomic mass is 10.1. The number of terminal acetylenes is 1. The molecule has 0 bridgehead atoms. The Morgan fingerprint density at radius 3 is 2.54 bits per heavy atom. The Hall–Kier alpha value is -1.82. The SMILES string of the molecule is C#CC(ON=C)c1ccc(F)cc1. The maximum atomic E-state index is 12.5. The third-order valence-electron chi connectivity index (χ3n) is 1.50. The summed E-state index contributed by atoms with van der Waals surface area (Å²) in [6.45, 7) is 3.15. The highest BCUT2D eigenvalue weighted by Crippen LogP contribution is 2.16. The second-order valence-electron chi connectivity index (χ2n) is 2.33. The van der Waals surface area contributed by atoms with E-state index < -0.39 is 6.10 Å². The maximum absolute atomic E-state index is 12.5. The molecule has 0 aliphatic carbocycles. The number of nitrogens with zero attached hydrogens (tertiary/aromatic N) is 1. The van der Waals surface area contributed by atoms with Crippen molar-refractivity contribution in [2.24, 2.45) is 5.16 Å². The van der Waals surface area contributed by atoms with Gasteiger partial charge in [0.25, 0.3) is 0 Å². The lowest BCUT2D eigenvalue weighted by molar-refractivity contribution is 0.102. The first-order chi connectivity index (χ1) is 6.27. The molecule has 3 heteroatoms. The molecule has 1 aromatic rings. The number of rotatable bonds is 3. The van der Waals surface area contributed by atoms with Crippen LogP contribution in [0.3, 0.4) is 0 Å². The zero-order valence-corrected chi connectivity index (χ0v) is 6.90. The van der Waals surface area contributed by atoms with Gasteiger partial charge in [0.1, 0.15) is 5.82 Å². The van der Waals surface area contributed by atoms with Crippen LogP contribution in [0.25, 0.3) is 0 Å². The average molecular weight is 177 g/mol.